The number of nitrogens with one attached hydrogen (secondary N) is 1. The van der Waals surface area contributed by atoms with Gasteiger partial charge in [-0.1, -0.05) is 23.7 Å². The molecule has 0 spiro atoms. The number of rotatable bonds is 4. The third kappa shape index (κ3) is 4.05. The van der Waals surface area contributed by atoms with Crippen LogP contribution in [-0.4, -0.2) is 30.7 Å². The number of ether oxygens (including phenoxy) is 3. The first-order valence-electron chi connectivity index (χ1n) is 7.79. The average Bonchev–Trinajstić information content (AvgIpc) is 2.64. The van der Waals surface area contributed by atoms with Crippen LogP contribution in [0.1, 0.15) is 6.92 Å². The Hall–Kier alpha value is -2.80. The maximum Gasteiger partial charge on any atom is 0.351 e. The number of halogens is 2. The molecular weight excluding hydrogens is 365 g/mol. The van der Waals surface area contributed by atoms with Crippen LogP contribution >= 0.6 is 11.6 Å². The molecule has 3 rings (SSSR count). The van der Waals surface area contributed by atoms with Crippen molar-refractivity contribution in [1.82, 2.24) is 0 Å². The quantitative estimate of drug-likeness (QED) is 0.826. The minimum absolute atomic E-state index is 0.0161. The van der Waals surface area contributed by atoms with Crippen LogP contribution in [-0.2, 0) is 14.3 Å². The second-order valence-electron chi connectivity index (χ2n) is 5.56. The molecule has 1 aliphatic heterocycles. The maximum absolute atomic E-state index is 13.1. The van der Waals surface area contributed by atoms with E-state index in [1.807, 2.05) is 0 Å². The minimum atomic E-state index is -1.09. The van der Waals surface area contributed by atoms with E-state index in [2.05, 4.69) is 5.32 Å². The maximum atomic E-state index is 13.1. The van der Waals surface area contributed by atoms with Crippen molar-refractivity contribution in [3.8, 4) is 11.5 Å². The van der Waals surface area contributed by atoms with Crippen LogP contribution in [0.3, 0.4) is 0 Å². The Morgan fingerprint density at radius 3 is 2.73 bits per heavy atom. The number of carbonyl (C=O) groups is 2. The van der Waals surface area contributed by atoms with Gasteiger partial charge in [0.15, 0.2) is 17.6 Å². The van der Waals surface area contributed by atoms with Crippen LogP contribution in [0.4, 0.5) is 10.1 Å². The summed E-state index contributed by atoms with van der Waals surface area (Å²) in [6.45, 7) is 1.40. The molecule has 0 unspecified atom stereocenters. The topological polar surface area (TPSA) is 73.9 Å². The number of hydrogen-bond donors (Lipinski definition) is 1. The fourth-order valence-corrected chi connectivity index (χ4v) is 2.44. The summed E-state index contributed by atoms with van der Waals surface area (Å²) in [5, 5.41) is 2.37. The summed E-state index contributed by atoms with van der Waals surface area (Å²) in [6.07, 6.45) is -2.06. The molecule has 8 heteroatoms. The standard InChI is InChI=1S/C18H15ClFNO5/c1-10(17(22)21-11-6-7-13(20)12(19)8-11)25-18(23)16-9-24-14-4-2-3-5-15(14)26-16/h2-8,10,16H,9H2,1H3,(H,21,22)/t10-,16+/m0/s1. The number of fused-ring (bicyclic) bond motifs is 1. The summed E-state index contributed by atoms with van der Waals surface area (Å²) in [5.74, 6) is -0.939. The molecule has 2 aromatic carbocycles. The molecule has 0 radical (unpaired) electrons. The number of para-hydroxylation sites is 2. The van der Waals surface area contributed by atoms with Gasteiger partial charge in [0.25, 0.3) is 5.91 Å². The molecule has 1 heterocycles. The smallest absolute Gasteiger partial charge is 0.351 e. The molecule has 1 aliphatic rings. The highest BCUT2D eigenvalue weighted by atomic mass is 35.5. The zero-order valence-corrected chi connectivity index (χ0v) is 14.5. The molecule has 0 aliphatic carbocycles. The van der Waals surface area contributed by atoms with E-state index in [0.29, 0.717) is 11.5 Å². The number of anilines is 1. The zero-order chi connectivity index (χ0) is 18.7. The van der Waals surface area contributed by atoms with E-state index in [1.54, 1.807) is 24.3 Å². The molecule has 26 heavy (non-hydrogen) atoms. The second-order valence-corrected chi connectivity index (χ2v) is 5.97. The van der Waals surface area contributed by atoms with Crippen molar-refractivity contribution in [2.24, 2.45) is 0 Å². The van der Waals surface area contributed by atoms with Gasteiger partial charge in [0.05, 0.1) is 5.02 Å². The monoisotopic (exact) mass is 379 g/mol. The lowest BCUT2D eigenvalue weighted by atomic mass is 10.2. The summed E-state index contributed by atoms with van der Waals surface area (Å²) >= 11 is 5.66. The first-order chi connectivity index (χ1) is 12.4. The van der Waals surface area contributed by atoms with E-state index in [-0.39, 0.29) is 17.3 Å². The molecule has 6 nitrogen and oxygen atoms in total. The van der Waals surface area contributed by atoms with E-state index in [9.17, 15) is 14.0 Å². The van der Waals surface area contributed by atoms with Crippen LogP contribution in [0.2, 0.25) is 5.02 Å². The van der Waals surface area contributed by atoms with Gasteiger partial charge in [0, 0.05) is 5.69 Å². The number of benzene rings is 2. The Labute approximate surface area is 153 Å². The summed E-state index contributed by atoms with van der Waals surface area (Å²) in [6, 6.07) is 10.7. The lowest BCUT2D eigenvalue weighted by molar-refractivity contribution is -0.162. The van der Waals surface area contributed by atoms with Crippen molar-refractivity contribution in [3.63, 3.8) is 0 Å². The highest BCUT2D eigenvalue weighted by Gasteiger charge is 2.31. The summed E-state index contributed by atoms with van der Waals surface area (Å²) < 4.78 is 29.2. The molecule has 0 saturated carbocycles. The number of esters is 1. The summed E-state index contributed by atoms with van der Waals surface area (Å²) in [5.41, 5.74) is 0.287. The molecule has 2 atom stereocenters. The molecule has 0 aromatic heterocycles. The Morgan fingerprint density at radius 1 is 1.27 bits per heavy atom. The van der Waals surface area contributed by atoms with E-state index >= 15 is 0 Å². The number of carbonyl (C=O) groups excluding carboxylic acids is 2. The average molecular weight is 380 g/mol. The van der Waals surface area contributed by atoms with Crippen molar-refractivity contribution in [1.29, 1.82) is 0 Å². The van der Waals surface area contributed by atoms with Crippen LogP contribution in [0.15, 0.2) is 42.5 Å². The largest absolute Gasteiger partial charge is 0.485 e. The minimum Gasteiger partial charge on any atom is -0.485 e. The van der Waals surface area contributed by atoms with Crippen molar-refractivity contribution in [2.75, 3.05) is 11.9 Å². The van der Waals surface area contributed by atoms with E-state index in [0.717, 1.165) is 6.07 Å². The lowest BCUT2D eigenvalue weighted by Gasteiger charge is -2.25. The molecule has 1 amide bonds. The highest BCUT2D eigenvalue weighted by Crippen LogP contribution is 2.31. The van der Waals surface area contributed by atoms with Gasteiger partial charge in [-0.2, -0.15) is 0 Å². The molecule has 1 N–H and O–H groups in total. The molecule has 0 saturated heterocycles. The van der Waals surface area contributed by atoms with Gasteiger partial charge in [-0.25, -0.2) is 9.18 Å². The van der Waals surface area contributed by atoms with Gasteiger partial charge in [0.2, 0.25) is 6.10 Å². The van der Waals surface area contributed by atoms with Crippen LogP contribution in [0, 0.1) is 5.82 Å². The summed E-state index contributed by atoms with van der Waals surface area (Å²) in [4.78, 5) is 24.3. The normalized spacial score (nSPS) is 16.5. The van der Waals surface area contributed by atoms with E-state index in [4.69, 9.17) is 25.8 Å². The van der Waals surface area contributed by atoms with Crippen molar-refractivity contribution in [3.05, 3.63) is 53.3 Å². The zero-order valence-electron chi connectivity index (χ0n) is 13.7. The highest BCUT2D eigenvalue weighted by molar-refractivity contribution is 6.31. The predicted molar refractivity (Wildman–Crippen MR) is 91.9 cm³/mol. The van der Waals surface area contributed by atoms with E-state index in [1.165, 1.54) is 19.1 Å². The fourth-order valence-electron chi connectivity index (χ4n) is 2.26. The third-order valence-corrected chi connectivity index (χ3v) is 3.91. The van der Waals surface area contributed by atoms with E-state index < -0.39 is 29.9 Å². The summed E-state index contributed by atoms with van der Waals surface area (Å²) in [7, 11) is 0. The molecular formula is C18H15ClFNO5. The molecule has 136 valence electrons. The first kappa shape index (κ1) is 18.0. The Bertz CT molecular complexity index is 844. The third-order valence-electron chi connectivity index (χ3n) is 3.62. The Balaban J connectivity index is 1.57. The number of amides is 1. The fraction of sp³-hybridized carbons (Fsp3) is 0.222. The first-order valence-corrected chi connectivity index (χ1v) is 8.16. The van der Waals surface area contributed by atoms with Gasteiger partial charge >= 0.3 is 5.97 Å². The lowest BCUT2D eigenvalue weighted by Crippen LogP contribution is -2.41. The SMILES string of the molecule is C[C@H](OC(=O)[C@H]1COc2ccccc2O1)C(=O)Nc1ccc(F)c(Cl)c1. The van der Waals surface area contributed by atoms with Crippen LogP contribution < -0.4 is 14.8 Å². The van der Waals surface area contributed by atoms with Gasteiger partial charge in [-0.3, -0.25) is 4.79 Å². The molecule has 0 bridgehead atoms. The predicted octanol–water partition coefficient (Wildman–Crippen LogP) is 3.19. The van der Waals surface area contributed by atoms with Crippen LogP contribution in [0.25, 0.3) is 0 Å². The molecule has 0 fully saturated rings. The van der Waals surface area contributed by atoms with Crippen molar-refractivity contribution in [2.45, 2.75) is 19.1 Å². The van der Waals surface area contributed by atoms with Gasteiger partial charge in [-0.15, -0.1) is 0 Å². The second kappa shape index (κ2) is 7.61. The van der Waals surface area contributed by atoms with Gasteiger partial charge in [-0.05, 0) is 37.3 Å². The number of hydrogen-bond acceptors (Lipinski definition) is 5. The van der Waals surface area contributed by atoms with Crippen molar-refractivity contribution >= 4 is 29.2 Å². The van der Waals surface area contributed by atoms with Gasteiger partial charge < -0.3 is 19.5 Å². The van der Waals surface area contributed by atoms with Crippen LogP contribution in [0.5, 0.6) is 11.5 Å². The van der Waals surface area contributed by atoms with Crippen molar-refractivity contribution < 1.29 is 28.2 Å². The Kier molecular flexibility index (Phi) is 5.27. The Morgan fingerprint density at radius 2 is 2.00 bits per heavy atom. The van der Waals surface area contributed by atoms with Gasteiger partial charge in [0.1, 0.15) is 12.4 Å². The molecule has 2 aromatic rings.